The van der Waals surface area contributed by atoms with E-state index in [1.165, 1.54) is 0 Å². The number of likely N-dealkylation sites (tertiary alicyclic amines) is 1. The second kappa shape index (κ2) is 9.66. The number of nitrogen functional groups attached to an aromatic ring is 1. The molecule has 0 radical (unpaired) electrons. The van der Waals surface area contributed by atoms with Crippen molar-refractivity contribution in [1.29, 1.82) is 0 Å². The van der Waals surface area contributed by atoms with Gasteiger partial charge in [0.05, 0.1) is 16.9 Å². The summed E-state index contributed by atoms with van der Waals surface area (Å²) in [7, 11) is 0. The Bertz CT molecular complexity index is 1180. The van der Waals surface area contributed by atoms with E-state index >= 15 is 0 Å². The van der Waals surface area contributed by atoms with Crippen molar-refractivity contribution in [2.24, 2.45) is 5.41 Å². The molecule has 35 heavy (non-hydrogen) atoms. The molecule has 2 fully saturated rings. The molecule has 3 aromatic rings. The van der Waals surface area contributed by atoms with Crippen molar-refractivity contribution < 1.29 is 14.3 Å². The fraction of sp³-hybridized carbons (Fsp3) is 0.296. The summed E-state index contributed by atoms with van der Waals surface area (Å²) in [5.41, 5.74) is 8.69. The highest BCUT2D eigenvalue weighted by Gasteiger charge is 2.46. The van der Waals surface area contributed by atoms with E-state index in [1.54, 1.807) is 24.4 Å². The standard InChI is InChI=1S/C27H29N5O3/c28-22-8-4-5-9-23(22)30-25(33)21-10-11-24(29-16-21)32-18-27(19-32)12-14-31(15-13-27)26(34)35-17-20-6-2-1-3-7-20/h1-11,16H,12-15,17-19,28H2,(H,30,33). The maximum absolute atomic E-state index is 12.5. The van der Waals surface area contributed by atoms with Gasteiger partial charge in [0.2, 0.25) is 0 Å². The summed E-state index contributed by atoms with van der Waals surface area (Å²) in [6.07, 6.45) is 3.25. The van der Waals surface area contributed by atoms with Gasteiger partial charge in [-0.15, -0.1) is 0 Å². The first-order valence-corrected chi connectivity index (χ1v) is 11.8. The summed E-state index contributed by atoms with van der Waals surface area (Å²) in [5.74, 6) is 0.615. The first kappa shape index (κ1) is 22.7. The number of pyridine rings is 1. The molecule has 5 rings (SSSR count). The predicted octanol–water partition coefficient (Wildman–Crippen LogP) is 4.16. The Morgan fingerprint density at radius 3 is 2.37 bits per heavy atom. The lowest BCUT2D eigenvalue weighted by molar-refractivity contribution is 0.0496. The molecule has 180 valence electrons. The fourth-order valence-corrected chi connectivity index (χ4v) is 4.73. The third-order valence-corrected chi connectivity index (χ3v) is 6.88. The summed E-state index contributed by atoms with van der Waals surface area (Å²) in [4.78, 5) is 33.5. The first-order valence-electron chi connectivity index (χ1n) is 11.8. The average molecular weight is 472 g/mol. The summed E-state index contributed by atoms with van der Waals surface area (Å²) in [6.45, 7) is 3.51. The molecule has 2 saturated heterocycles. The van der Waals surface area contributed by atoms with Crippen molar-refractivity contribution >= 4 is 29.2 Å². The van der Waals surface area contributed by atoms with Crippen molar-refractivity contribution in [3.05, 3.63) is 84.1 Å². The van der Waals surface area contributed by atoms with Crippen LogP contribution in [-0.4, -0.2) is 48.1 Å². The van der Waals surface area contributed by atoms with Crippen LogP contribution in [0.25, 0.3) is 0 Å². The Morgan fingerprint density at radius 2 is 1.69 bits per heavy atom. The summed E-state index contributed by atoms with van der Waals surface area (Å²) in [6, 6.07) is 20.6. The Morgan fingerprint density at radius 1 is 0.971 bits per heavy atom. The topological polar surface area (TPSA) is 101 Å². The maximum Gasteiger partial charge on any atom is 0.410 e. The number of ether oxygens (including phenoxy) is 1. The highest BCUT2D eigenvalue weighted by atomic mass is 16.6. The zero-order valence-electron chi connectivity index (χ0n) is 19.5. The van der Waals surface area contributed by atoms with Crippen LogP contribution in [-0.2, 0) is 11.3 Å². The fourth-order valence-electron chi connectivity index (χ4n) is 4.73. The number of carbonyl (C=O) groups excluding carboxylic acids is 2. The molecule has 2 amide bonds. The number of nitrogens with one attached hydrogen (secondary N) is 1. The zero-order valence-corrected chi connectivity index (χ0v) is 19.5. The largest absolute Gasteiger partial charge is 0.445 e. The first-order chi connectivity index (χ1) is 17.0. The SMILES string of the molecule is Nc1ccccc1NC(=O)c1ccc(N2CC3(CCN(C(=O)OCc4ccccc4)CC3)C2)nc1. The van der Waals surface area contributed by atoms with Crippen LogP contribution in [0.1, 0.15) is 28.8 Å². The maximum atomic E-state index is 12.5. The van der Waals surface area contributed by atoms with Crippen LogP contribution in [0.5, 0.6) is 0 Å². The lowest BCUT2D eigenvalue weighted by atomic mass is 9.72. The van der Waals surface area contributed by atoms with E-state index in [4.69, 9.17) is 10.5 Å². The van der Waals surface area contributed by atoms with Crippen LogP contribution >= 0.6 is 0 Å². The summed E-state index contributed by atoms with van der Waals surface area (Å²) >= 11 is 0. The van der Waals surface area contributed by atoms with E-state index in [2.05, 4.69) is 15.2 Å². The molecule has 2 aliphatic rings. The van der Waals surface area contributed by atoms with Gasteiger partial charge in [-0.2, -0.15) is 0 Å². The third kappa shape index (κ3) is 5.06. The predicted molar refractivity (Wildman–Crippen MR) is 135 cm³/mol. The Labute approximate surface area is 204 Å². The molecule has 0 aliphatic carbocycles. The van der Waals surface area contributed by atoms with Gasteiger partial charge in [0.15, 0.2) is 0 Å². The minimum absolute atomic E-state index is 0.207. The van der Waals surface area contributed by atoms with Crippen LogP contribution in [0.2, 0.25) is 0 Å². The number of hydrogen-bond donors (Lipinski definition) is 2. The number of nitrogens with two attached hydrogens (primary N) is 1. The zero-order chi connectivity index (χ0) is 24.3. The van der Waals surface area contributed by atoms with E-state index in [9.17, 15) is 9.59 Å². The van der Waals surface area contributed by atoms with Crippen LogP contribution in [0, 0.1) is 5.41 Å². The molecule has 0 unspecified atom stereocenters. The molecule has 3 heterocycles. The molecular formula is C27H29N5O3. The molecular weight excluding hydrogens is 442 g/mol. The van der Waals surface area contributed by atoms with Gasteiger partial charge in [0.1, 0.15) is 12.4 Å². The molecule has 0 bridgehead atoms. The van der Waals surface area contributed by atoms with Gasteiger partial charge in [0.25, 0.3) is 5.91 Å². The average Bonchev–Trinajstić information content (AvgIpc) is 2.88. The molecule has 8 heteroatoms. The number of carbonyl (C=O) groups is 2. The highest BCUT2D eigenvalue weighted by Crippen LogP contribution is 2.42. The molecule has 1 spiro atoms. The van der Waals surface area contributed by atoms with Crippen LogP contribution in [0.4, 0.5) is 22.0 Å². The second-order valence-electron chi connectivity index (χ2n) is 9.33. The van der Waals surface area contributed by atoms with Crippen LogP contribution in [0.3, 0.4) is 0 Å². The number of aromatic nitrogens is 1. The number of nitrogens with zero attached hydrogens (tertiary/aromatic N) is 3. The Hall–Kier alpha value is -4.07. The van der Waals surface area contributed by atoms with E-state index < -0.39 is 0 Å². The number of piperidine rings is 1. The van der Waals surface area contributed by atoms with Crippen LogP contribution < -0.4 is 16.0 Å². The minimum atomic E-state index is -0.243. The van der Waals surface area contributed by atoms with E-state index in [1.807, 2.05) is 53.4 Å². The Kier molecular flexibility index (Phi) is 6.27. The van der Waals surface area contributed by atoms with Crippen molar-refractivity contribution in [3.8, 4) is 0 Å². The summed E-state index contributed by atoms with van der Waals surface area (Å²) < 4.78 is 5.48. The lowest BCUT2D eigenvalue weighted by Crippen LogP contribution is -2.61. The van der Waals surface area contributed by atoms with E-state index in [0.29, 0.717) is 36.6 Å². The highest BCUT2D eigenvalue weighted by molar-refractivity contribution is 6.05. The van der Waals surface area contributed by atoms with Crippen LogP contribution in [0.15, 0.2) is 72.9 Å². The molecule has 0 atom stereocenters. The number of hydrogen-bond acceptors (Lipinski definition) is 6. The number of rotatable bonds is 5. The minimum Gasteiger partial charge on any atom is -0.445 e. The van der Waals surface area contributed by atoms with Gasteiger partial charge >= 0.3 is 6.09 Å². The number of amides is 2. The monoisotopic (exact) mass is 471 g/mol. The van der Waals surface area contributed by atoms with Crippen molar-refractivity contribution in [2.75, 3.05) is 42.1 Å². The molecule has 2 aliphatic heterocycles. The third-order valence-electron chi connectivity index (χ3n) is 6.88. The molecule has 0 saturated carbocycles. The van der Waals surface area contributed by atoms with Gasteiger partial charge in [-0.25, -0.2) is 9.78 Å². The molecule has 8 nitrogen and oxygen atoms in total. The van der Waals surface area contributed by atoms with E-state index in [0.717, 1.165) is 37.3 Å². The van der Waals surface area contributed by atoms with Crippen molar-refractivity contribution in [2.45, 2.75) is 19.4 Å². The summed E-state index contributed by atoms with van der Waals surface area (Å²) in [5, 5.41) is 2.82. The van der Waals surface area contributed by atoms with Gasteiger partial charge in [-0.3, -0.25) is 4.79 Å². The van der Waals surface area contributed by atoms with Gasteiger partial charge in [-0.1, -0.05) is 42.5 Å². The normalized spacial score (nSPS) is 16.5. The van der Waals surface area contributed by atoms with Crippen molar-refractivity contribution in [3.63, 3.8) is 0 Å². The van der Waals surface area contributed by atoms with Gasteiger partial charge in [0, 0.05) is 37.8 Å². The number of para-hydroxylation sites is 2. The Balaban J connectivity index is 1.09. The lowest BCUT2D eigenvalue weighted by Gasteiger charge is -2.54. The molecule has 3 N–H and O–H groups in total. The smallest absolute Gasteiger partial charge is 0.410 e. The quantitative estimate of drug-likeness (QED) is 0.542. The number of anilines is 3. The number of benzene rings is 2. The van der Waals surface area contributed by atoms with Gasteiger partial charge < -0.3 is 25.6 Å². The molecule has 1 aromatic heterocycles. The molecule has 2 aromatic carbocycles. The second-order valence-corrected chi connectivity index (χ2v) is 9.33. The van der Waals surface area contributed by atoms with E-state index in [-0.39, 0.29) is 17.4 Å². The van der Waals surface area contributed by atoms with Crippen molar-refractivity contribution in [1.82, 2.24) is 9.88 Å². The van der Waals surface area contributed by atoms with Gasteiger partial charge in [-0.05, 0) is 42.7 Å².